The van der Waals surface area contributed by atoms with E-state index in [1.807, 2.05) is 0 Å². The van der Waals surface area contributed by atoms with E-state index in [-0.39, 0.29) is 5.54 Å². The molecule has 116 valence electrons. The average molecular weight is 282 g/mol. The maximum Gasteiger partial charge on any atom is 0.0645 e. The number of nitrogens with zero attached hydrogens (tertiary/aromatic N) is 1. The van der Waals surface area contributed by atoms with Crippen molar-refractivity contribution >= 4 is 0 Å². The maximum atomic E-state index is 5.66. The maximum absolute atomic E-state index is 5.66. The van der Waals surface area contributed by atoms with Gasteiger partial charge in [0.15, 0.2) is 0 Å². The van der Waals surface area contributed by atoms with Crippen LogP contribution in [0.4, 0.5) is 0 Å². The van der Waals surface area contributed by atoms with Gasteiger partial charge in [0.2, 0.25) is 0 Å². The average Bonchev–Trinajstić information content (AvgIpc) is 3.24. The van der Waals surface area contributed by atoms with Gasteiger partial charge in [-0.05, 0) is 44.9 Å². The highest BCUT2D eigenvalue weighted by atomic mass is 16.5. The Balaban J connectivity index is 1.64. The molecule has 3 rings (SSSR count). The second kappa shape index (κ2) is 5.91. The van der Waals surface area contributed by atoms with Gasteiger partial charge < -0.3 is 14.8 Å². The molecule has 0 bridgehead atoms. The van der Waals surface area contributed by atoms with Gasteiger partial charge in [-0.15, -0.1) is 0 Å². The van der Waals surface area contributed by atoms with Crippen LogP contribution in [-0.2, 0) is 9.47 Å². The van der Waals surface area contributed by atoms with Crippen LogP contribution in [0.25, 0.3) is 0 Å². The molecule has 0 aromatic rings. The van der Waals surface area contributed by atoms with Crippen molar-refractivity contribution in [1.82, 2.24) is 10.2 Å². The highest BCUT2D eigenvalue weighted by Crippen LogP contribution is 2.35. The third-order valence-corrected chi connectivity index (χ3v) is 5.24. The monoisotopic (exact) mass is 282 g/mol. The second-order valence-electron chi connectivity index (χ2n) is 7.55. The lowest BCUT2D eigenvalue weighted by atomic mass is 9.78. The van der Waals surface area contributed by atoms with Crippen molar-refractivity contribution in [2.24, 2.45) is 5.41 Å². The van der Waals surface area contributed by atoms with Crippen LogP contribution < -0.4 is 5.32 Å². The van der Waals surface area contributed by atoms with Crippen LogP contribution in [-0.4, -0.2) is 62.5 Å². The molecule has 0 aromatic carbocycles. The standard InChI is InChI=1S/C16H30N2O2/c1-15(2)13-20-10-7-18(15)12-16(5-8-19-9-6-16)11-17-14-3-4-14/h14,17H,3-13H2,1-2H3. The third kappa shape index (κ3) is 3.53. The van der Waals surface area contributed by atoms with Gasteiger partial charge in [-0.1, -0.05) is 0 Å². The molecule has 2 aliphatic heterocycles. The van der Waals surface area contributed by atoms with Gasteiger partial charge >= 0.3 is 0 Å². The fourth-order valence-electron chi connectivity index (χ4n) is 3.43. The Bertz CT molecular complexity index is 322. The van der Waals surface area contributed by atoms with Crippen molar-refractivity contribution in [3.63, 3.8) is 0 Å². The number of morpholine rings is 1. The zero-order valence-electron chi connectivity index (χ0n) is 13.1. The van der Waals surface area contributed by atoms with Gasteiger partial charge in [-0.25, -0.2) is 0 Å². The summed E-state index contributed by atoms with van der Waals surface area (Å²) >= 11 is 0. The van der Waals surface area contributed by atoms with Gasteiger partial charge in [-0.2, -0.15) is 0 Å². The molecule has 1 saturated carbocycles. The molecule has 0 radical (unpaired) electrons. The highest BCUT2D eigenvalue weighted by molar-refractivity contribution is 4.95. The number of hydrogen-bond acceptors (Lipinski definition) is 4. The van der Waals surface area contributed by atoms with Gasteiger partial charge in [0.25, 0.3) is 0 Å². The third-order valence-electron chi connectivity index (χ3n) is 5.24. The lowest BCUT2D eigenvalue weighted by Gasteiger charge is -2.48. The minimum Gasteiger partial charge on any atom is -0.381 e. The van der Waals surface area contributed by atoms with Crippen molar-refractivity contribution < 1.29 is 9.47 Å². The Labute approximate surface area is 123 Å². The quantitative estimate of drug-likeness (QED) is 0.831. The molecular weight excluding hydrogens is 252 g/mol. The SMILES string of the molecule is CC1(C)COCCN1CC1(CNC2CC2)CCOCC1. The van der Waals surface area contributed by atoms with Crippen LogP contribution in [0.5, 0.6) is 0 Å². The number of hydrogen-bond donors (Lipinski definition) is 1. The summed E-state index contributed by atoms with van der Waals surface area (Å²) < 4.78 is 11.3. The fourth-order valence-corrected chi connectivity index (χ4v) is 3.43. The summed E-state index contributed by atoms with van der Waals surface area (Å²) in [7, 11) is 0. The molecule has 3 fully saturated rings. The number of rotatable bonds is 5. The van der Waals surface area contributed by atoms with Gasteiger partial charge in [0.1, 0.15) is 0 Å². The zero-order valence-corrected chi connectivity index (χ0v) is 13.1. The summed E-state index contributed by atoms with van der Waals surface area (Å²) in [5, 5.41) is 3.77. The molecule has 4 nitrogen and oxygen atoms in total. The molecule has 4 heteroatoms. The topological polar surface area (TPSA) is 33.7 Å². The van der Waals surface area contributed by atoms with E-state index < -0.39 is 0 Å². The van der Waals surface area contributed by atoms with Crippen LogP contribution in [0.3, 0.4) is 0 Å². The Hall–Kier alpha value is -0.160. The Morgan fingerprint density at radius 2 is 1.85 bits per heavy atom. The molecule has 0 spiro atoms. The summed E-state index contributed by atoms with van der Waals surface area (Å²) in [4.78, 5) is 2.65. The molecule has 0 unspecified atom stereocenters. The first-order valence-electron chi connectivity index (χ1n) is 8.24. The number of ether oxygens (including phenoxy) is 2. The van der Waals surface area contributed by atoms with Crippen molar-refractivity contribution in [3.05, 3.63) is 0 Å². The lowest BCUT2D eigenvalue weighted by Crippen LogP contribution is -2.58. The lowest BCUT2D eigenvalue weighted by molar-refractivity contribution is -0.0847. The van der Waals surface area contributed by atoms with Gasteiger partial charge in [0.05, 0.1) is 13.2 Å². The van der Waals surface area contributed by atoms with Crippen molar-refractivity contribution in [1.29, 1.82) is 0 Å². The first-order valence-corrected chi connectivity index (χ1v) is 8.24. The highest BCUT2D eigenvalue weighted by Gasteiger charge is 2.40. The summed E-state index contributed by atoms with van der Waals surface area (Å²) in [5.74, 6) is 0. The predicted molar refractivity (Wildman–Crippen MR) is 80.0 cm³/mol. The summed E-state index contributed by atoms with van der Waals surface area (Å²) in [5.41, 5.74) is 0.568. The van der Waals surface area contributed by atoms with Crippen molar-refractivity contribution in [2.75, 3.05) is 46.1 Å². The first-order chi connectivity index (χ1) is 9.60. The normalized spacial score (nSPS) is 30.3. The van der Waals surface area contributed by atoms with E-state index >= 15 is 0 Å². The Kier molecular flexibility index (Phi) is 4.37. The molecule has 1 N–H and O–H groups in total. The van der Waals surface area contributed by atoms with Crippen molar-refractivity contribution in [3.8, 4) is 0 Å². The molecule has 2 saturated heterocycles. The van der Waals surface area contributed by atoms with Crippen LogP contribution in [0.2, 0.25) is 0 Å². The molecule has 3 aliphatic rings. The minimum atomic E-state index is 0.170. The van der Waals surface area contributed by atoms with E-state index in [9.17, 15) is 0 Å². The van der Waals surface area contributed by atoms with Crippen LogP contribution in [0, 0.1) is 5.41 Å². The smallest absolute Gasteiger partial charge is 0.0645 e. The first kappa shape index (κ1) is 14.8. The Morgan fingerprint density at radius 1 is 1.10 bits per heavy atom. The second-order valence-corrected chi connectivity index (χ2v) is 7.55. The number of nitrogens with one attached hydrogen (secondary N) is 1. The summed E-state index contributed by atoms with van der Waals surface area (Å²) in [6, 6.07) is 0.799. The molecule has 0 atom stereocenters. The molecule has 2 heterocycles. The molecule has 0 amide bonds. The molecular formula is C16H30N2O2. The molecule has 0 aromatic heterocycles. The Morgan fingerprint density at radius 3 is 2.50 bits per heavy atom. The van der Waals surface area contributed by atoms with Crippen LogP contribution in [0.1, 0.15) is 39.5 Å². The minimum absolute atomic E-state index is 0.170. The molecule has 1 aliphatic carbocycles. The zero-order chi connectivity index (χ0) is 14.1. The van der Waals surface area contributed by atoms with E-state index in [1.54, 1.807) is 0 Å². The largest absolute Gasteiger partial charge is 0.381 e. The van der Waals surface area contributed by atoms with Gasteiger partial charge in [-0.3, -0.25) is 4.90 Å². The predicted octanol–water partition coefficient (Wildman–Crippen LogP) is 1.65. The van der Waals surface area contributed by atoms with Crippen LogP contribution in [0.15, 0.2) is 0 Å². The molecule has 20 heavy (non-hydrogen) atoms. The summed E-state index contributed by atoms with van der Waals surface area (Å²) in [6.45, 7) is 11.6. The van der Waals surface area contributed by atoms with E-state index in [1.165, 1.54) is 32.2 Å². The summed E-state index contributed by atoms with van der Waals surface area (Å²) in [6.07, 6.45) is 5.13. The van der Waals surface area contributed by atoms with E-state index in [0.29, 0.717) is 5.41 Å². The van der Waals surface area contributed by atoms with E-state index in [0.717, 1.165) is 45.6 Å². The van der Waals surface area contributed by atoms with E-state index in [2.05, 4.69) is 24.1 Å². The van der Waals surface area contributed by atoms with Gasteiger partial charge in [0, 0.05) is 44.4 Å². The fraction of sp³-hybridized carbons (Fsp3) is 1.00. The van der Waals surface area contributed by atoms with Crippen molar-refractivity contribution in [2.45, 2.75) is 51.1 Å². The van der Waals surface area contributed by atoms with Crippen LogP contribution >= 0.6 is 0 Å². The van der Waals surface area contributed by atoms with E-state index in [4.69, 9.17) is 9.47 Å².